The van der Waals surface area contributed by atoms with Crippen molar-refractivity contribution < 1.29 is 5.11 Å². The van der Waals surface area contributed by atoms with E-state index in [0.717, 1.165) is 11.5 Å². The SMILES string of the molecule is OCCc1nnc2cc[nH]n12. The van der Waals surface area contributed by atoms with E-state index in [2.05, 4.69) is 15.3 Å². The normalized spacial score (nSPS) is 11.0. The van der Waals surface area contributed by atoms with Gasteiger partial charge in [-0.3, -0.25) is 5.10 Å². The molecule has 11 heavy (non-hydrogen) atoms. The Bertz CT molecular complexity index is 350. The Kier molecular flexibility index (Phi) is 1.36. The van der Waals surface area contributed by atoms with E-state index in [1.54, 1.807) is 10.7 Å². The minimum absolute atomic E-state index is 0.0970. The average molecular weight is 152 g/mol. The van der Waals surface area contributed by atoms with Crippen LogP contribution in [0.4, 0.5) is 0 Å². The molecule has 5 nitrogen and oxygen atoms in total. The molecule has 2 rings (SSSR count). The monoisotopic (exact) mass is 152 g/mol. The number of aromatic amines is 1. The highest BCUT2D eigenvalue weighted by Gasteiger charge is 2.03. The quantitative estimate of drug-likeness (QED) is 0.615. The minimum atomic E-state index is 0.0970. The summed E-state index contributed by atoms with van der Waals surface area (Å²) in [5.74, 6) is 0.757. The molecule has 0 aliphatic rings. The number of rotatable bonds is 2. The molecule has 0 saturated heterocycles. The molecule has 0 radical (unpaired) electrons. The van der Waals surface area contributed by atoms with Gasteiger partial charge in [-0.15, -0.1) is 10.2 Å². The number of aromatic nitrogens is 4. The van der Waals surface area contributed by atoms with E-state index in [-0.39, 0.29) is 6.61 Å². The third-order valence-corrected chi connectivity index (χ3v) is 1.53. The lowest BCUT2D eigenvalue weighted by Crippen LogP contribution is -1.98. The van der Waals surface area contributed by atoms with E-state index in [4.69, 9.17) is 5.11 Å². The van der Waals surface area contributed by atoms with E-state index >= 15 is 0 Å². The van der Waals surface area contributed by atoms with Gasteiger partial charge in [0.2, 0.25) is 0 Å². The van der Waals surface area contributed by atoms with Crippen molar-refractivity contribution in [3.63, 3.8) is 0 Å². The molecular weight excluding hydrogens is 144 g/mol. The summed E-state index contributed by atoms with van der Waals surface area (Å²) in [5, 5.41) is 19.3. The third-order valence-electron chi connectivity index (χ3n) is 1.53. The van der Waals surface area contributed by atoms with Crippen LogP contribution in [0.15, 0.2) is 12.3 Å². The lowest BCUT2D eigenvalue weighted by Gasteiger charge is -1.90. The van der Waals surface area contributed by atoms with Crippen molar-refractivity contribution in [3.8, 4) is 0 Å². The smallest absolute Gasteiger partial charge is 0.177 e. The molecule has 0 spiro atoms. The average Bonchev–Trinajstić information content (AvgIpc) is 2.53. The number of aliphatic hydroxyl groups is 1. The molecule has 0 fully saturated rings. The van der Waals surface area contributed by atoms with Crippen molar-refractivity contribution in [3.05, 3.63) is 18.1 Å². The Labute approximate surface area is 62.7 Å². The van der Waals surface area contributed by atoms with Crippen LogP contribution in [0, 0.1) is 0 Å². The van der Waals surface area contributed by atoms with Crippen LogP contribution in [-0.2, 0) is 6.42 Å². The van der Waals surface area contributed by atoms with Crippen LogP contribution in [0.2, 0.25) is 0 Å². The van der Waals surface area contributed by atoms with Crippen LogP contribution >= 0.6 is 0 Å². The summed E-state index contributed by atoms with van der Waals surface area (Å²) < 4.78 is 1.75. The molecule has 5 heteroatoms. The van der Waals surface area contributed by atoms with Crippen molar-refractivity contribution >= 4 is 5.65 Å². The van der Waals surface area contributed by atoms with Crippen molar-refractivity contribution in [1.29, 1.82) is 0 Å². The molecule has 2 heterocycles. The molecule has 2 aromatic heterocycles. The Balaban J connectivity index is 2.51. The molecule has 0 atom stereocenters. The number of aliphatic hydroxyl groups excluding tert-OH is 1. The highest BCUT2D eigenvalue weighted by atomic mass is 16.3. The van der Waals surface area contributed by atoms with E-state index in [1.165, 1.54) is 0 Å². The van der Waals surface area contributed by atoms with Crippen LogP contribution in [0.25, 0.3) is 5.65 Å². The maximum absolute atomic E-state index is 8.64. The van der Waals surface area contributed by atoms with E-state index in [0.29, 0.717) is 6.42 Å². The molecule has 0 aliphatic carbocycles. The second kappa shape index (κ2) is 2.35. The second-order valence-electron chi connectivity index (χ2n) is 2.25. The van der Waals surface area contributed by atoms with E-state index in [9.17, 15) is 0 Å². The predicted molar refractivity (Wildman–Crippen MR) is 38.1 cm³/mol. The van der Waals surface area contributed by atoms with Gasteiger partial charge in [0.25, 0.3) is 0 Å². The molecule has 0 aromatic carbocycles. The molecule has 0 unspecified atom stereocenters. The summed E-state index contributed by atoms with van der Waals surface area (Å²) in [6.07, 6.45) is 2.31. The number of fused-ring (bicyclic) bond motifs is 1. The second-order valence-corrected chi connectivity index (χ2v) is 2.25. The first kappa shape index (κ1) is 6.36. The van der Waals surface area contributed by atoms with Gasteiger partial charge in [0.1, 0.15) is 0 Å². The summed E-state index contributed by atoms with van der Waals surface area (Å²) in [6, 6.07) is 1.83. The standard InChI is InChI=1S/C6H8N4O/c11-4-2-6-9-8-5-1-3-7-10(5)6/h1,3,7,11H,2,4H2. The molecule has 0 amide bonds. The zero-order chi connectivity index (χ0) is 7.68. The number of hydrogen-bond donors (Lipinski definition) is 2. The molecule has 2 N–H and O–H groups in total. The maximum atomic E-state index is 8.64. The first-order valence-corrected chi connectivity index (χ1v) is 3.40. The van der Waals surface area contributed by atoms with E-state index in [1.807, 2.05) is 6.07 Å². The van der Waals surface area contributed by atoms with Gasteiger partial charge in [-0.1, -0.05) is 0 Å². The van der Waals surface area contributed by atoms with Gasteiger partial charge < -0.3 is 5.11 Å². The fourth-order valence-electron chi connectivity index (χ4n) is 1.03. The van der Waals surface area contributed by atoms with Gasteiger partial charge in [-0.25, -0.2) is 4.52 Å². The lowest BCUT2D eigenvalue weighted by atomic mass is 10.4. The molecular formula is C6H8N4O. The molecule has 2 aromatic rings. The van der Waals surface area contributed by atoms with Gasteiger partial charge in [0.05, 0.1) is 6.61 Å². The van der Waals surface area contributed by atoms with E-state index < -0.39 is 0 Å². The summed E-state index contributed by atoms with van der Waals surface area (Å²) in [4.78, 5) is 0. The van der Waals surface area contributed by atoms with Crippen molar-refractivity contribution in [1.82, 2.24) is 19.8 Å². The Morgan fingerprint density at radius 2 is 2.45 bits per heavy atom. The third kappa shape index (κ3) is 0.894. The maximum Gasteiger partial charge on any atom is 0.177 e. The molecule has 0 bridgehead atoms. The number of H-pyrrole nitrogens is 1. The largest absolute Gasteiger partial charge is 0.396 e. The number of nitrogens with one attached hydrogen (secondary N) is 1. The summed E-state index contributed by atoms with van der Waals surface area (Å²) in [6.45, 7) is 0.0970. The summed E-state index contributed by atoms with van der Waals surface area (Å²) >= 11 is 0. The Morgan fingerprint density at radius 1 is 1.55 bits per heavy atom. The van der Waals surface area contributed by atoms with Crippen LogP contribution in [-0.4, -0.2) is 31.5 Å². The van der Waals surface area contributed by atoms with Gasteiger partial charge >= 0.3 is 0 Å². The predicted octanol–water partition coefficient (Wildman–Crippen LogP) is -0.408. The first-order valence-electron chi connectivity index (χ1n) is 3.40. The first-order chi connectivity index (χ1) is 5.42. The van der Waals surface area contributed by atoms with Crippen molar-refractivity contribution in [2.45, 2.75) is 6.42 Å². The molecule has 0 saturated carbocycles. The topological polar surface area (TPSA) is 66.2 Å². The van der Waals surface area contributed by atoms with Gasteiger partial charge in [0, 0.05) is 18.7 Å². The summed E-state index contributed by atoms with van der Waals surface area (Å²) in [7, 11) is 0. The Morgan fingerprint density at radius 3 is 3.27 bits per heavy atom. The van der Waals surface area contributed by atoms with Gasteiger partial charge in [0.15, 0.2) is 11.5 Å². The highest BCUT2D eigenvalue weighted by Crippen LogP contribution is 2.00. The van der Waals surface area contributed by atoms with Crippen LogP contribution in [0.5, 0.6) is 0 Å². The number of nitrogens with zero attached hydrogens (tertiary/aromatic N) is 3. The molecule has 0 aliphatic heterocycles. The van der Waals surface area contributed by atoms with Gasteiger partial charge in [-0.2, -0.15) is 0 Å². The highest BCUT2D eigenvalue weighted by molar-refractivity contribution is 5.34. The summed E-state index contributed by atoms with van der Waals surface area (Å²) in [5.41, 5.74) is 0.786. The number of hydrogen-bond acceptors (Lipinski definition) is 3. The van der Waals surface area contributed by atoms with Crippen LogP contribution < -0.4 is 0 Å². The van der Waals surface area contributed by atoms with Crippen LogP contribution in [0.3, 0.4) is 0 Å². The zero-order valence-electron chi connectivity index (χ0n) is 5.86. The fourth-order valence-corrected chi connectivity index (χ4v) is 1.03. The molecule has 58 valence electrons. The minimum Gasteiger partial charge on any atom is -0.396 e. The van der Waals surface area contributed by atoms with Crippen molar-refractivity contribution in [2.75, 3.05) is 6.61 Å². The van der Waals surface area contributed by atoms with Crippen LogP contribution in [0.1, 0.15) is 5.82 Å². The fraction of sp³-hybridized carbons (Fsp3) is 0.333. The van der Waals surface area contributed by atoms with Crippen molar-refractivity contribution in [2.24, 2.45) is 0 Å². The van der Waals surface area contributed by atoms with Gasteiger partial charge in [-0.05, 0) is 0 Å². The zero-order valence-corrected chi connectivity index (χ0v) is 5.86. The Hall–Kier alpha value is -1.36. The lowest BCUT2D eigenvalue weighted by molar-refractivity contribution is 0.295.